The van der Waals surface area contributed by atoms with Gasteiger partial charge in [-0.3, -0.25) is 4.79 Å². The molecule has 0 aromatic heterocycles. The summed E-state index contributed by atoms with van der Waals surface area (Å²) in [6.45, 7) is 1.84. The second kappa shape index (κ2) is 11.3. The fraction of sp³-hybridized carbons (Fsp3) is 0.588. The molecule has 1 atom stereocenters. The summed E-state index contributed by atoms with van der Waals surface area (Å²) in [5.74, 6) is 0.0941. The first kappa shape index (κ1) is 17.7. The van der Waals surface area contributed by atoms with Gasteiger partial charge < -0.3 is 16.0 Å². The van der Waals surface area contributed by atoms with Crippen molar-refractivity contribution in [2.24, 2.45) is 0 Å². The van der Waals surface area contributed by atoms with E-state index in [4.69, 9.17) is 0 Å². The molecule has 4 nitrogen and oxygen atoms in total. The molecule has 0 bridgehead atoms. The summed E-state index contributed by atoms with van der Waals surface area (Å²) >= 11 is 0. The van der Waals surface area contributed by atoms with Crippen LogP contribution >= 0.6 is 0 Å². The molecule has 0 saturated carbocycles. The minimum atomic E-state index is -0.156. The van der Waals surface area contributed by atoms with Gasteiger partial charge in [-0.2, -0.15) is 0 Å². The molecule has 1 unspecified atom stereocenters. The van der Waals surface area contributed by atoms with Crippen molar-refractivity contribution in [3.8, 4) is 0 Å². The van der Waals surface area contributed by atoms with E-state index in [1.54, 1.807) is 0 Å². The number of unbranched alkanes of at least 4 members (excludes halogenated alkanes) is 3. The maximum absolute atomic E-state index is 12.1. The van der Waals surface area contributed by atoms with Gasteiger partial charge in [0.25, 0.3) is 0 Å². The number of hydrogen-bond acceptors (Lipinski definition) is 3. The summed E-state index contributed by atoms with van der Waals surface area (Å²) in [6, 6.07) is 9.96. The predicted molar refractivity (Wildman–Crippen MR) is 88.4 cm³/mol. The quantitative estimate of drug-likeness (QED) is 0.544. The van der Waals surface area contributed by atoms with Crippen LogP contribution < -0.4 is 16.0 Å². The topological polar surface area (TPSA) is 53.2 Å². The second-order valence-electron chi connectivity index (χ2n) is 5.34. The van der Waals surface area contributed by atoms with Crippen molar-refractivity contribution in [1.82, 2.24) is 16.0 Å². The van der Waals surface area contributed by atoms with Crippen molar-refractivity contribution in [3.63, 3.8) is 0 Å². The molecule has 1 rings (SSSR count). The Morgan fingerprint density at radius 2 is 1.67 bits per heavy atom. The molecule has 0 saturated heterocycles. The van der Waals surface area contributed by atoms with Gasteiger partial charge in [-0.1, -0.05) is 43.2 Å². The Morgan fingerprint density at radius 1 is 1.00 bits per heavy atom. The molecular formula is C17H29N3O. The predicted octanol–water partition coefficient (Wildman–Crippen LogP) is 1.71. The smallest absolute Gasteiger partial charge is 0.237 e. The molecule has 0 spiro atoms. The van der Waals surface area contributed by atoms with Crippen LogP contribution in [0.3, 0.4) is 0 Å². The average molecular weight is 291 g/mol. The SMILES string of the molecule is CNCCCCCCNC(=O)C(Cc1ccccc1)NC. The molecule has 3 N–H and O–H groups in total. The Kier molecular flexibility index (Phi) is 9.49. The normalized spacial score (nSPS) is 12.1. The van der Waals surface area contributed by atoms with E-state index in [0.717, 1.165) is 25.9 Å². The van der Waals surface area contributed by atoms with Crippen molar-refractivity contribution in [1.29, 1.82) is 0 Å². The van der Waals surface area contributed by atoms with Crippen LogP contribution in [0.25, 0.3) is 0 Å². The van der Waals surface area contributed by atoms with E-state index in [9.17, 15) is 4.79 Å². The van der Waals surface area contributed by atoms with Gasteiger partial charge in [-0.25, -0.2) is 0 Å². The van der Waals surface area contributed by atoms with Gasteiger partial charge in [0, 0.05) is 6.54 Å². The number of amides is 1. The van der Waals surface area contributed by atoms with Crippen molar-refractivity contribution in [2.75, 3.05) is 27.2 Å². The second-order valence-corrected chi connectivity index (χ2v) is 5.34. The van der Waals surface area contributed by atoms with Crippen LogP contribution in [0, 0.1) is 0 Å². The lowest BCUT2D eigenvalue weighted by Crippen LogP contribution is -2.44. The van der Waals surface area contributed by atoms with Crippen LogP contribution in [0.1, 0.15) is 31.2 Å². The number of carbonyl (C=O) groups is 1. The molecule has 1 aromatic carbocycles. The van der Waals surface area contributed by atoms with E-state index < -0.39 is 0 Å². The summed E-state index contributed by atoms with van der Waals surface area (Å²) in [4.78, 5) is 12.1. The first-order valence-corrected chi connectivity index (χ1v) is 7.91. The summed E-state index contributed by atoms with van der Waals surface area (Å²) < 4.78 is 0. The first-order chi connectivity index (χ1) is 10.3. The third-order valence-electron chi connectivity index (χ3n) is 3.60. The first-order valence-electron chi connectivity index (χ1n) is 7.91. The fourth-order valence-corrected chi connectivity index (χ4v) is 2.29. The van der Waals surface area contributed by atoms with Crippen LogP contribution in [-0.4, -0.2) is 39.1 Å². The molecule has 0 aliphatic rings. The molecule has 4 heteroatoms. The molecule has 0 aliphatic carbocycles. The largest absolute Gasteiger partial charge is 0.355 e. The number of benzene rings is 1. The lowest BCUT2D eigenvalue weighted by atomic mass is 10.1. The lowest BCUT2D eigenvalue weighted by Gasteiger charge is -2.16. The Morgan fingerprint density at radius 3 is 2.29 bits per heavy atom. The molecular weight excluding hydrogens is 262 g/mol. The average Bonchev–Trinajstić information content (AvgIpc) is 2.52. The zero-order valence-corrected chi connectivity index (χ0v) is 13.3. The van der Waals surface area contributed by atoms with Gasteiger partial charge in [-0.15, -0.1) is 0 Å². The van der Waals surface area contributed by atoms with Gasteiger partial charge in [-0.05, 0) is 45.5 Å². The third kappa shape index (κ3) is 7.83. The van der Waals surface area contributed by atoms with Gasteiger partial charge in [0.05, 0.1) is 6.04 Å². The molecule has 0 aliphatic heterocycles. The molecule has 0 fully saturated rings. The Hall–Kier alpha value is -1.39. The highest BCUT2D eigenvalue weighted by Crippen LogP contribution is 2.03. The van der Waals surface area contributed by atoms with Crippen molar-refractivity contribution >= 4 is 5.91 Å². The van der Waals surface area contributed by atoms with E-state index >= 15 is 0 Å². The number of likely N-dealkylation sites (N-methyl/N-ethyl adjacent to an activating group) is 1. The molecule has 1 amide bonds. The van der Waals surface area contributed by atoms with E-state index in [0.29, 0.717) is 0 Å². The maximum atomic E-state index is 12.1. The number of nitrogens with one attached hydrogen (secondary N) is 3. The van der Waals surface area contributed by atoms with Crippen molar-refractivity contribution in [3.05, 3.63) is 35.9 Å². The Balaban J connectivity index is 2.19. The van der Waals surface area contributed by atoms with Gasteiger partial charge in [0.1, 0.15) is 0 Å². The lowest BCUT2D eigenvalue weighted by molar-refractivity contribution is -0.123. The molecule has 118 valence electrons. The van der Waals surface area contributed by atoms with E-state index in [1.165, 1.54) is 24.8 Å². The molecule has 21 heavy (non-hydrogen) atoms. The summed E-state index contributed by atoms with van der Waals surface area (Å²) in [7, 11) is 3.82. The van der Waals surface area contributed by atoms with Crippen LogP contribution in [0.15, 0.2) is 30.3 Å². The number of hydrogen-bond donors (Lipinski definition) is 3. The van der Waals surface area contributed by atoms with E-state index in [-0.39, 0.29) is 11.9 Å². The number of rotatable bonds is 11. The Labute approximate surface area is 128 Å². The monoisotopic (exact) mass is 291 g/mol. The third-order valence-corrected chi connectivity index (χ3v) is 3.60. The summed E-state index contributed by atoms with van der Waals surface area (Å²) in [5, 5.41) is 9.27. The van der Waals surface area contributed by atoms with Crippen molar-refractivity contribution in [2.45, 2.75) is 38.1 Å². The van der Waals surface area contributed by atoms with Gasteiger partial charge >= 0.3 is 0 Å². The van der Waals surface area contributed by atoms with E-state index in [2.05, 4.69) is 28.1 Å². The molecule has 0 radical (unpaired) electrons. The van der Waals surface area contributed by atoms with E-state index in [1.807, 2.05) is 32.3 Å². The zero-order chi connectivity index (χ0) is 15.3. The van der Waals surface area contributed by atoms with Gasteiger partial charge in [0.15, 0.2) is 0 Å². The Bertz CT molecular complexity index is 381. The molecule has 1 aromatic rings. The fourth-order valence-electron chi connectivity index (χ4n) is 2.29. The standard InChI is InChI=1S/C17H29N3O/c1-18-12-8-3-4-9-13-20-17(21)16(19-2)14-15-10-6-5-7-11-15/h5-7,10-11,16,18-19H,3-4,8-9,12-14H2,1-2H3,(H,20,21). The molecule has 0 heterocycles. The minimum Gasteiger partial charge on any atom is -0.355 e. The maximum Gasteiger partial charge on any atom is 0.237 e. The van der Waals surface area contributed by atoms with Crippen LogP contribution in [0.4, 0.5) is 0 Å². The highest BCUT2D eigenvalue weighted by Gasteiger charge is 2.15. The van der Waals surface area contributed by atoms with Crippen LogP contribution in [0.2, 0.25) is 0 Å². The van der Waals surface area contributed by atoms with Crippen LogP contribution in [-0.2, 0) is 11.2 Å². The summed E-state index contributed by atoms with van der Waals surface area (Å²) in [5.41, 5.74) is 1.18. The highest BCUT2D eigenvalue weighted by atomic mass is 16.2. The van der Waals surface area contributed by atoms with Crippen molar-refractivity contribution < 1.29 is 4.79 Å². The zero-order valence-electron chi connectivity index (χ0n) is 13.3. The highest BCUT2D eigenvalue weighted by molar-refractivity contribution is 5.82. The minimum absolute atomic E-state index is 0.0941. The van der Waals surface area contributed by atoms with Gasteiger partial charge in [0.2, 0.25) is 5.91 Å². The van der Waals surface area contributed by atoms with Crippen LogP contribution in [0.5, 0.6) is 0 Å². The number of carbonyl (C=O) groups excluding carboxylic acids is 1. The summed E-state index contributed by atoms with van der Waals surface area (Å²) in [6.07, 6.45) is 5.38.